The third kappa shape index (κ3) is 12.4. The second-order valence-corrected chi connectivity index (χ2v) is 10.1. The zero-order chi connectivity index (χ0) is 34.6. The molecule has 0 unspecified atom stereocenters. The van der Waals surface area contributed by atoms with E-state index in [1.165, 1.54) is 0 Å². The maximum atomic E-state index is 10.5. The molecule has 0 heterocycles. The number of para-hydroxylation sites is 2. The first-order chi connectivity index (χ1) is 22.7. The van der Waals surface area contributed by atoms with Gasteiger partial charge in [0.05, 0.1) is 12.2 Å². The highest BCUT2D eigenvalue weighted by atomic mass is 16.3. The van der Waals surface area contributed by atoms with Gasteiger partial charge in [-0.25, -0.2) is 15.0 Å². The molecule has 0 amide bonds. The first-order valence-electron chi connectivity index (χ1n) is 15.7. The standard InChI is InChI=1S/C38H41N5O2.C2H6/c1-6-8-17-27(3)37(39)43-36(40-26-32-20-12-14-22-34(32)44)25-24-31(16-7-2)38(41-28(4)30-18-10-9-11-19-30)42-29(5)33-21-13-15-23-35(33)45;1-2/h6-24,44-45H,5,25-26H2,1-4H3,(H2,39,40,43);1-2H3/b8-6-,16-7-,27-17+,31-24+,41-28?,42-38?;. The predicted molar refractivity (Wildman–Crippen MR) is 202 cm³/mol. The summed E-state index contributed by atoms with van der Waals surface area (Å²) in [6.07, 6.45) is 11.7. The second kappa shape index (κ2) is 20.5. The number of aromatic hydroxyl groups is 2. The summed E-state index contributed by atoms with van der Waals surface area (Å²) < 4.78 is 0. The SMILES string of the molecule is C=C(N=C(N=C(C)c1ccccc1)C(/C=C\C)=C/CC(=NCc1ccccc1O)N=C(N)/C(C)=C/C=C\C)c1ccccc1O.CC. The van der Waals surface area contributed by atoms with Gasteiger partial charge in [-0.05, 0) is 57.0 Å². The monoisotopic (exact) mass is 629 g/mol. The lowest BCUT2D eigenvalue weighted by atomic mass is 10.1. The molecule has 3 aromatic rings. The van der Waals surface area contributed by atoms with E-state index in [0.29, 0.717) is 46.3 Å². The Balaban J connectivity index is 0.00000376. The van der Waals surface area contributed by atoms with Crippen LogP contribution in [0.1, 0.15) is 64.7 Å². The lowest BCUT2D eigenvalue weighted by molar-refractivity contribution is 0.468. The van der Waals surface area contributed by atoms with Gasteiger partial charge in [0.2, 0.25) is 0 Å². The van der Waals surface area contributed by atoms with Gasteiger partial charge in [-0.2, -0.15) is 0 Å². The zero-order valence-electron chi connectivity index (χ0n) is 28.4. The van der Waals surface area contributed by atoms with Gasteiger partial charge in [0.25, 0.3) is 0 Å². The van der Waals surface area contributed by atoms with Crippen molar-refractivity contribution in [2.75, 3.05) is 0 Å². The molecule has 0 aliphatic heterocycles. The van der Waals surface area contributed by atoms with Crippen LogP contribution in [-0.2, 0) is 6.54 Å². The number of hydrogen-bond acceptors (Lipinski definition) is 4. The highest BCUT2D eigenvalue weighted by Crippen LogP contribution is 2.25. The number of nitrogens with two attached hydrogens (primary N) is 1. The van der Waals surface area contributed by atoms with E-state index in [9.17, 15) is 10.2 Å². The summed E-state index contributed by atoms with van der Waals surface area (Å²) in [5, 5.41) is 20.8. The number of phenols is 2. The molecule has 0 aliphatic rings. The molecule has 0 bridgehead atoms. The molecule has 3 rings (SSSR count). The van der Waals surface area contributed by atoms with Crippen LogP contribution in [0.4, 0.5) is 0 Å². The van der Waals surface area contributed by atoms with Crippen molar-refractivity contribution in [3.63, 3.8) is 0 Å². The van der Waals surface area contributed by atoms with Gasteiger partial charge in [0, 0.05) is 28.8 Å². The summed E-state index contributed by atoms with van der Waals surface area (Å²) in [7, 11) is 0. The molecule has 0 fully saturated rings. The fourth-order valence-electron chi connectivity index (χ4n) is 4.10. The Morgan fingerprint density at radius 1 is 0.809 bits per heavy atom. The summed E-state index contributed by atoms with van der Waals surface area (Å²) in [6.45, 7) is 16.0. The van der Waals surface area contributed by atoms with Crippen molar-refractivity contribution in [2.45, 2.75) is 54.5 Å². The Morgan fingerprint density at radius 3 is 2.09 bits per heavy atom. The van der Waals surface area contributed by atoms with Crippen LogP contribution in [0.3, 0.4) is 0 Å². The number of aliphatic imine (C=N–C) groups is 4. The topological polar surface area (TPSA) is 116 Å². The minimum atomic E-state index is 0.0793. The largest absolute Gasteiger partial charge is 0.508 e. The third-order valence-corrected chi connectivity index (χ3v) is 6.65. The van der Waals surface area contributed by atoms with Gasteiger partial charge in [-0.1, -0.05) is 118 Å². The van der Waals surface area contributed by atoms with Crippen LogP contribution in [0.25, 0.3) is 5.70 Å². The van der Waals surface area contributed by atoms with Crippen molar-refractivity contribution in [1.29, 1.82) is 0 Å². The molecule has 0 spiro atoms. The summed E-state index contributed by atoms with van der Waals surface area (Å²) in [4.78, 5) is 19.1. The molecule has 0 radical (unpaired) electrons. The molecule has 0 saturated carbocycles. The molecule has 7 heteroatoms. The zero-order valence-corrected chi connectivity index (χ0v) is 28.4. The Bertz CT molecular complexity index is 1720. The molecular weight excluding hydrogens is 582 g/mol. The number of benzene rings is 3. The Labute approximate surface area is 280 Å². The molecule has 0 atom stereocenters. The van der Waals surface area contributed by atoms with E-state index >= 15 is 0 Å². The van der Waals surface area contributed by atoms with Gasteiger partial charge in [-0.3, -0.25) is 4.99 Å². The molecule has 0 saturated heterocycles. The van der Waals surface area contributed by atoms with Gasteiger partial charge in [0.1, 0.15) is 23.2 Å². The lowest BCUT2D eigenvalue weighted by Gasteiger charge is -2.10. The highest BCUT2D eigenvalue weighted by Gasteiger charge is 2.11. The van der Waals surface area contributed by atoms with Crippen LogP contribution in [0.2, 0.25) is 0 Å². The molecule has 244 valence electrons. The van der Waals surface area contributed by atoms with Crippen LogP contribution in [0.5, 0.6) is 11.5 Å². The van der Waals surface area contributed by atoms with E-state index in [4.69, 9.17) is 20.7 Å². The number of nitrogens with zero attached hydrogens (tertiary/aromatic N) is 4. The number of amidine groups is 3. The molecular formula is C40H47N5O2. The van der Waals surface area contributed by atoms with Gasteiger partial charge in [-0.15, -0.1) is 0 Å². The summed E-state index contributed by atoms with van der Waals surface area (Å²) >= 11 is 0. The van der Waals surface area contributed by atoms with Crippen LogP contribution in [-0.4, -0.2) is 33.4 Å². The maximum Gasteiger partial charge on any atom is 0.159 e. The Hall–Kier alpha value is -5.56. The molecule has 7 nitrogen and oxygen atoms in total. The van der Waals surface area contributed by atoms with Crippen molar-refractivity contribution < 1.29 is 10.2 Å². The predicted octanol–water partition coefficient (Wildman–Crippen LogP) is 9.37. The molecule has 47 heavy (non-hydrogen) atoms. The first kappa shape index (κ1) is 37.6. The van der Waals surface area contributed by atoms with Crippen molar-refractivity contribution >= 4 is 28.9 Å². The van der Waals surface area contributed by atoms with Crippen molar-refractivity contribution in [3.05, 3.63) is 150 Å². The fourth-order valence-corrected chi connectivity index (χ4v) is 4.10. The highest BCUT2D eigenvalue weighted by molar-refractivity contribution is 6.14. The van der Waals surface area contributed by atoms with Crippen LogP contribution >= 0.6 is 0 Å². The van der Waals surface area contributed by atoms with E-state index in [0.717, 1.165) is 16.8 Å². The van der Waals surface area contributed by atoms with E-state index in [-0.39, 0.29) is 18.0 Å². The summed E-state index contributed by atoms with van der Waals surface area (Å²) in [5.41, 5.74) is 11.1. The van der Waals surface area contributed by atoms with Crippen molar-refractivity contribution in [2.24, 2.45) is 25.7 Å². The van der Waals surface area contributed by atoms with Gasteiger partial charge >= 0.3 is 0 Å². The van der Waals surface area contributed by atoms with E-state index < -0.39 is 0 Å². The molecule has 0 aromatic heterocycles. The quantitative estimate of drug-likeness (QED) is 0.111. The average Bonchev–Trinajstić information content (AvgIpc) is 3.09. The fraction of sp³-hybridized carbons (Fsp3) is 0.200. The molecule has 0 aliphatic carbocycles. The maximum absolute atomic E-state index is 10.5. The summed E-state index contributed by atoms with van der Waals surface area (Å²) in [6, 6.07) is 23.8. The van der Waals surface area contributed by atoms with E-state index in [1.54, 1.807) is 30.3 Å². The first-order valence-corrected chi connectivity index (χ1v) is 15.7. The number of rotatable bonds is 11. The number of hydrogen-bond donors (Lipinski definition) is 3. The minimum absolute atomic E-state index is 0.0793. The second-order valence-electron chi connectivity index (χ2n) is 10.1. The normalized spacial score (nSPS) is 13.6. The third-order valence-electron chi connectivity index (χ3n) is 6.65. The average molecular weight is 630 g/mol. The Morgan fingerprint density at radius 2 is 1.45 bits per heavy atom. The number of phenolic OH excluding ortho intramolecular Hbond substituents is 2. The molecule has 3 aromatic carbocycles. The van der Waals surface area contributed by atoms with Gasteiger partial charge in [0.15, 0.2) is 5.84 Å². The van der Waals surface area contributed by atoms with Crippen molar-refractivity contribution in [3.8, 4) is 11.5 Å². The van der Waals surface area contributed by atoms with E-state index in [1.807, 2.05) is 127 Å². The summed E-state index contributed by atoms with van der Waals surface area (Å²) in [5.74, 6) is 1.45. The van der Waals surface area contributed by atoms with E-state index in [2.05, 4.69) is 11.6 Å². The van der Waals surface area contributed by atoms with Crippen molar-refractivity contribution in [1.82, 2.24) is 0 Å². The van der Waals surface area contributed by atoms with Gasteiger partial charge < -0.3 is 15.9 Å². The van der Waals surface area contributed by atoms with Crippen LogP contribution in [0.15, 0.2) is 153 Å². The van der Waals surface area contributed by atoms with Crippen LogP contribution in [0, 0.1) is 0 Å². The lowest BCUT2D eigenvalue weighted by Crippen LogP contribution is -2.16. The minimum Gasteiger partial charge on any atom is -0.508 e. The smallest absolute Gasteiger partial charge is 0.159 e. The number of allylic oxidation sites excluding steroid dienone is 4. The molecule has 4 N–H and O–H groups in total. The Kier molecular flexibility index (Phi) is 16.4. The van der Waals surface area contributed by atoms with Crippen LogP contribution < -0.4 is 5.73 Å².